The summed E-state index contributed by atoms with van der Waals surface area (Å²) in [6, 6.07) is 17.1. The molecule has 0 radical (unpaired) electrons. The number of benzene rings is 2. The molecule has 0 saturated heterocycles. The number of hydrogen-bond acceptors (Lipinski definition) is 6. The van der Waals surface area contributed by atoms with Crippen molar-refractivity contribution in [3.63, 3.8) is 0 Å². The fourth-order valence-electron chi connectivity index (χ4n) is 4.20. The van der Waals surface area contributed by atoms with Gasteiger partial charge in [0, 0.05) is 17.2 Å². The summed E-state index contributed by atoms with van der Waals surface area (Å²) < 4.78 is 11.0. The normalized spacial score (nSPS) is 14.2. The van der Waals surface area contributed by atoms with Gasteiger partial charge in [0.05, 0.1) is 0 Å². The molecule has 0 spiro atoms. The number of aryl methyl sites for hydroxylation is 2. The minimum atomic E-state index is -0.452. The number of carbonyl (C=O) groups is 1. The molecule has 1 atom stereocenters. The largest absolute Gasteiger partial charge is 0.355 e. The van der Waals surface area contributed by atoms with E-state index in [1.807, 2.05) is 50.2 Å². The fourth-order valence-corrected chi connectivity index (χ4v) is 4.20. The Morgan fingerprint density at radius 3 is 2.48 bits per heavy atom. The summed E-state index contributed by atoms with van der Waals surface area (Å²) in [5, 5.41) is 11.1. The Morgan fingerprint density at radius 2 is 1.70 bits per heavy atom. The summed E-state index contributed by atoms with van der Waals surface area (Å²) in [4.78, 5) is 17.5. The molecule has 2 heterocycles. The standard InChI is InChI=1S/C26H26N4O3/c1-16(2)23(26-28-24(30-33-26)18-9-4-3-5-10-18)27-25(31)21-15-22(32-29-21)20-13-12-17-8-6-7-11-19(17)14-20/h3-5,9-10,12-16,23H,6-8,11H2,1-2H3,(H,27,31). The highest BCUT2D eigenvalue weighted by molar-refractivity contribution is 5.93. The van der Waals surface area contributed by atoms with Crippen molar-refractivity contribution >= 4 is 5.91 Å². The van der Waals surface area contributed by atoms with Crippen molar-refractivity contribution in [3.05, 3.63) is 77.3 Å². The molecule has 1 aliphatic carbocycles. The zero-order chi connectivity index (χ0) is 22.8. The topological polar surface area (TPSA) is 94.1 Å². The van der Waals surface area contributed by atoms with Gasteiger partial charge in [0.25, 0.3) is 5.91 Å². The van der Waals surface area contributed by atoms with E-state index in [2.05, 4.69) is 32.7 Å². The van der Waals surface area contributed by atoms with E-state index >= 15 is 0 Å². The van der Waals surface area contributed by atoms with Crippen LogP contribution in [0.4, 0.5) is 0 Å². The molecule has 4 aromatic rings. The molecule has 1 amide bonds. The first-order valence-electron chi connectivity index (χ1n) is 11.4. The molecule has 0 saturated carbocycles. The summed E-state index contributed by atoms with van der Waals surface area (Å²) in [6.45, 7) is 3.97. The second-order valence-electron chi connectivity index (χ2n) is 8.78. The smallest absolute Gasteiger partial charge is 0.274 e. The SMILES string of the molecule is CC(C)C(NC(=O)c1cc(-c2ccc3c(c2)CCCC3)on1)c1nc(-c2ccccc2)no1. The minimum Gasteiger partial charge on any atom is -0.355 e. The minimum absolute atomic E-state index is 0.0324. The van der Waals surface area contributed by atoms with Crippen LogP contribution >= 0.6 is 0 Å². The molecule has 1 N–H and O–H groups in total. The number of nitrogens with one attached hydrogen (secondary N) is 1. The molecule has 0 bridgehead atoms. The Balaban J connectivity index is 1.33. The van der Waals surface area contributed by atoms with Crippen molar-refractivity contribution in [3.8, 4) is 22.7 Å². The molecule has 33 heavy (non-hydrogen) atoms. The van der Waals surface area contributed by atoms with E-state index in [9.17, 15) is 4.79 Å². The molecule has 168 valence electrons. The van der Waals surface area contributed by atoms with E-state index in [0.717, 1.165) is 24.0 Å². The summed E-state index contributed by atoms with van der Waals surface area (Å²) in [5.74, 6) is 1.11. The molecular formula is C26H26N4O3. The van der Waals surface area contributed by atoms with E-state index in [0.29, 0.717) is 17.5 Å². The summed E-state index contributed by atoms with van der Waals surface area (Å²) in [7, 11) is 0. The van der Waals surface area contributed by atoms with Gasteiger partial charge >= 0.3 is 0 Å². The number of aromatic nitrogens is 3. The lowest BCUT2D eigenvalue weighted by molar-refractivity contribution is 0.0904. The van der Waals surface area contributed by atoms with Crippen LogP contribution < -0.4 is 5.32 Å². The Kier molecular flexibility index (Phi) is 5.77. The van der Waals surface area contributed by atoms with Gasteiger partial charge < -0.3 is 14.4 Å². The number of nitrogens with zero attached hydrogens (tertiary/aromatic N) is 3. The van der Waals surface area contributed by atoms with Gasteiger partial charge in [0.1, 0.15) is 6.04 Å². The first kappa shape index (κ1) is 21.1. The van der Waals surface area contributed by atoms with Crippen LogP contribution in [0.2, 0.25) is 0 Å². The Labute approximate surface area is 192 Å². The Bertz CT molecular complexity index is 1260. The molecule has 5 rings (SSSR count). The Morgan fingerprint density at radius 1 is 0.909 bits per heavy atom. The highest BCUT2D eigenvalue weighted by Crippen LogP contribution is 2.28. The van der Waals surface area contributed by atoms with Crippen molar-refractivity contribution in [1.82, 2.24) is 20.6 Å². The maximum Gasteiger partial charge on any atom is 0.274 e. The lowest BCUT2D eigenvalue weighted by Gasteiger charge is -2.17. The van der Waals surface area contributed by atoms with Crippen molar-refractivity contribution in [2.45, 2.75) is 45.6 Å². The Hall–Kier alpha value is -3.74. The van der Waals surface area contributed by atoms with Crippen LogP contribution in [0.3, 0.4) is 0 Å². The average molecular weight is 443 g/mol. The highest BCUT2D eigenvalue weighted by Gasteiger charge is 2.27. The summed E-state index contributed by atoms with van der Waals surface area (Å²) >= 11 is 0. The second-order valence-corrected chi connectivity index (χ2v) is 8.78. The summed E-state index contributed by atoms with van der Waals surface area (Å²) in [5.41, 5.74) is 4.76. The van der Waals surface area contributed by atoms with Crippen LogP contribution in [0.15, 0.2) is 63.6 Å². The number of amides is 1. The van der Waals surface area contributed by atoms with Gasteiger partial charge in [-0.05, 0) is 48.8 Å². The predicted molar refractivity (Wildman–Crippen MR) is 123 cm³/mol. The van der Waals surface area contributed by atoms with Crippen molar-refractivity contribution < 1.29 is 13.8 Å². The quantitative estimate of drug-likeness (QED) is 0.430. The molecule has 1 unspecified atom stereocenters. The third-order valence-electron chi connectivity index (χ3n) is 6.07. The van der Waals surface area contributed by atoms with Gasteiger partial charge in [-0.1, -0.05) is 66.6 Å². The number of rotatable bonds is 6. The first-order valence-corrected chi connectivity index (χ1v) is 11.4. The molecule has 2 aromatic heterocycles. The van der Waals surface area contributed by atoms with Gasteiger partial charge in [-0.3, -0.25) is 4.79 Å². The second kappa shape index (κ2) is 9.02. The fraction of sp³-hybridized carbons (Fsp3) is 0.308. The lowest BCUT2D eigenvalue weighted by Crippen LogP contribution is -2.32. The van der Waals surface area contributed by atoms with Crippen LogP contribution in [0.1, 0.15) is 60.2 Å². The number of fused-ring (bicyclic) bond motifs is 1. The molecule has 7 heteroatoms. The zero-order valence-electron chi connectivity index (χ0n) is 18.7. The molecule has 2 aromatic carbocycles. The molecule has 0 aliphatic heterocycles. The maximum atomic E-state index is 13.0. The monoisotopic (exact) mass is 442 g/mol. The van der Waals surface area contributed by atoms with Gasteiger partial charge in [-0.25, -0.2) is 0 Å². The van der Waals surface area contributed by atoms with Gasteiger partial charge in [-0.2, -0.15) is 4.98 Å². The van der Waals surface area contributed by atoms with E-state index in [-0.39, 0.29) is 17.5 Å². The zero-order valence-corrected chi connectivity index (χ0v) is 18.7. The van der Waals surface area contributed by atoms with Crippen LogP contribution in [-0.4, -0.2) is 21.2 Å². The number of carbonyl (C=O) groups excluding carboxylic acids is 1. The van der Waals surface area contributed by atoms with E-state index in [4.69, 9.17) is 9.05 Å². The predicted octanol–water partition coefficient (Wildman–Crippen LogP) is 5.40. The van der Waals surface area contributed by atoms with Gasteiger partial charge in [-0.15, -0.1) is 0 Å². The van der Waals surface area contributed by atoms with E-state index in [1.54, 1.807) is 6.07 Å². The number of hydrogen-bond donors (Lipinski definition) is 1. The van der Waals surface area contributed by atoms with Crippen molar-refractivity contribution in [1.29, 1.82) is 0 Å². The average Bonchev–Trinajstić information content (AvgIpc) is 3.53. The van der Waals surface area contributed by atoms with E-state index in [1.165, 1.54) is 24.0 Å². The first-order chi connectivity index (χ1) is 16.1. The maximum absolute atomic E-state index is 13.0. The van der Waals surface area contributed by atoms with E-state index < -0.39 is 6.04 Å². The molecule has 1 aliphatic rings. The molecular weight excluding hydrogens is 416 g/mol. The van der Waals surface area contributed by atoms with Crippen molar-refractivity contribution in [2.24, 2.45) is 5.92 Å². The molecule has 7 nitrogen and oxygen atoms in total. The highest BCUT2D eigenvalue weighted by atomic mass is 16.5. The van der Waals surface area contributed by atoms with Crippen LogP contribution in [0.25, 0.3) is 22.7 Å². The lowest BCUT2D eigenvalue weighted by atomic mass is 9.90. The van der Waals surface area contributed by atoms with Crippen LogP contribution in [-0.2, 0) is 12.8 Å². The van der Waals surface area contributed by atoms with Gasteiger partial charge in [0.15, 0.2) is 11.5 Å². The summed E-state index contributed by atoms with van der Waals surface area (Å²) in [6.07, 6.45) is 4.65. The van der Waals surface area contributed by atoms with Crippen molar-refractivity contribution in [2.75, 3.05) is 0 Å². The van der Waals surface area contributed by atoms with Crippen LogP contribution in [0, 0.1) is 5.92 Å². The molecule has 0 fully saturated rings. The third kappa shape index (κ3) is 4.44. The third-order valence-corrected chi connectivity index (χ3v) is 6.07. The van der Waals surface area contributed by atoms with Crippen LogP contribution in [0.5, 0.6) is 0 Å². The van der Waals surface area contributed by atoms with Gasteiger partial charge in [0.2, 0.25) is 11.7 Å².